The van der Waals surface area contributed by atoms with Crippen LogP contribution >= 0.6 is 11.6 Å². The summed E-state index contributed by atoms with van der Waals surface area (Å²) < 4.78 is 6.52. The van der Waals surface area contributed by atoms with Gasteiger partial charge in [0.15, 0.2) is 5.15 Å². The number of ether oxygens (including phenoxy) is 1. The minimum Gasteiger partial charge on any atom is -0.444 e. The third-order valence-corrected chi connectivity index (χ3v) is 3.09. The second-order valence-corrected chi connectivity index (χ2v) is 7.34. The minimum absolute atomic E-state index is 0.0540. The van der Waals surface area contributed by atoms with E-state index in [1.54, 1.807) is 53.6 Å². The molecule has 0 saturated carbocycles. The summed E-state index contributed by atoms with van der Waals surface area (Å²) in [6, 6.07) is 0. The van der Waals surface area contributed by atoms with Crippen LogP contribution in [-0.4, -0.2) is 52.7 Å². The predicted octanol–water partition coefficient (Wildman–Crippen LogP) is 2.74. The fraction of sp³-hybridized carbons (Fsp3) is 0.600. The van der Waals surface area contributed by atoms with E-state index in [4.69, 9.17) is 16.3 Å². The van der Waals surface area contributed by atoms with Gasteiger partial charge in [0.05, 0.1) is 12.5 Å². The van der Waals surface area contributed by atoms with Crippen LogP contribution in [0.5, 0.6) is 0 Å². The van der Waals surface area contributed by atoms with Gasteiger partial charge in [-0.05, 0) is 34.6 Å². The summed E-state index contributed by atoms with van der Waals surface area (Å²) in [6.45, 7) is 8.57. The standard InChI is InChI=1S/C15H24ClN5O3/c1-14(2,3)24-13(23)18-10-8-21(19-11(10)16)15(4,5)12(22)17-9-20(6)7/h8-9H,1-7H3,(H,18,23)/b17-9+. The number of aliphatic imine (C=N–C) groups is 1. The molecule has 0 aliphatic rings. The molecule has 1 aromatic rings. The number of nitrogens with one attached hydrogen (secondary N) is 1. The molecule has 0 saturated heterocycles. The average Bonchev–Trinajstić information content (AvgIpc) is 2.75. The summed E-state index contributed by atoms with van der Waals surface area (Å²) in [5.41, 5.74) is -1.45. The first kappa shape index (κ1) is 20.0. The lowest BCUT2D eigenvalue weighted by atomic mass is 10.1. The molecule has 1 heterocycles. The van der Waals surface area contributed by atoms with Crippen molar-refractivity contribution in [2.24, 2.45) is 4.99 Å². The predicted molar refractivity (Wildman–Crippen MR) is 93.6 cm³/mol. The van der Waals surface area contributed by atoms with Gasteiger partial charge in [0.1, 0.15) is 16.8 Å². The van der Waals surface area contributed by atoms with E-state index in [0.717, 1.165) is 0 Å². The van der Waals surface area contributed by atoms with Crippen LogP contribution in [0.3, 0.4) is 0 Å². The molecule has 0 unspecified atom stereocenters. The summed E-state index contributed by atoms with van der Waals surface area (Å²) >= 11 is 6.04. The van der Waals surface area contributed by atoms with Crippen molar-refractivity contribution in [3.05, 3.63) is 11.3 Å². The Kier molecular flexibility index (Phi) is 5.99. The summed E-state index contributed by atoms with van der Waals surface area (Å²) in [6.07, 6.45) is 2.23. The van der Waals surface area contributed by atoms with Crippen LogP contribution in [0.1, 0.15) is 34.6 Å². The topological polar surface area (TPSA) is 88.8 Å². The molecule has 0 fully saturated rings. The van der Waals surface area contributed by atoms with Crippen LogP contribution in [0.25, 0.3) is 0 Å². The van der Waals surface area contributed by atoms with Crippen molar-refractivity contribution in [3.8, 4) is 0 Å². The van der Waals surface area contributed by atoms with Crippen molar-refractivity contribution < 1.29 is 14.3 Å². The molecule has 0 atom stereocenters. The number of hydrogen-bond donors (Lipinski definition) is 1. The zero-order chi connectivity index (χ0) is 18.7. The molecule has 9 heteroatoms. The van der Waals surface area contributed by atoms with Gasteiger partial charge in [0, 0.05) is 14.1 Å². The van der Waals surface area contributed by atoms with Crippen molar-refractivity contribution in [2.75, 3.05) is 19.4 Å². The molecule has 0 spiro atoms. The Bertz CT molecular complexity index is 644. The first-order valence-corrected chi connectivity index (χ1v) is 7.71. The normalized spacial score (nSPS) is 12.3. The van der Waals surface area contributed by atoms with E-state index in [1.807, 2.05) is 0 Å². The Balaban J connectivity index is 2.96. The Morgan fingerprint density at radius 1 is 1.33 bits per heavy atom. The fourth-order valence-electron chi connectivity index (χ4n) is 1.56. The number of anilines is 1. The Morgan fingerprint density at radius 2 is 1.92 bits per heavy atom. The number of halogens is 1. The molecular formula is C15H24ClN5O3. The molecule has 0 aliphatic carbocycles. The van der Waals surface area contributed by atoms with Crippen LogP contribution < -0.4 is 5.32 Å². The highest BCUT2D eigenvalue weighted by molar-refractivity contribution is 6.32. The number of hydrogen-bond acceptors (Lipinski definition) is 4. The van der Waals surface area contributed by atoms with E-state index in [-0.39, 0.29) is 10.8 Å². The van der Waals surface area contributed by atoms with Gasteiger partial charge in [-0.2, -0.15) is 5.10 Å². The highest BCUT2D eigenvalue weighted by Crippen LogP contribution is 2.26. The van der Waals surface area contributed by atoms with Gasteiger partial charge in [-0.25, -0.2) is 9.79 Å². The van der Waals surface area contributed by atoms with E-state index in [0.29, 0.717) is 0 Å². The highest BCUT2D eigenvalue weighted by Gasteiger charge is 2.31. The Labute approximate surface area is 146 Å². The number of carbonyl (C=O) groups is 2. The lowest BCUT2D eigenvalue weighted by Gasteiger charge is -2.21. The van der Waals surface area contributed by atoms with Gasteiger partial charge < -0.3 is 9.64 Å². The summed E-state index contributed by atoms with van der Waals surface area (Å²) in [4.78, 5) is 29.6. The molecule has 1 N–H and O–H groups in total. The quantitative estimate of drug-likeness (QED) is 0.661. The maximum Gasteiger partial charge on any atom is 0.412 e. The first-order valence-electron chi connectivity index (χ1n) is 7.33. The maximum atomic E-state index is 12.3. The molecule has 0 radical (unpaired) electrons. The molecule has 8 nitrogen and oxygen atoms in total. The van der Waals surface area contributed by atoms with Crippen molar-refractivity contribution in [2.45, 2.75) is 45.8 Å². The van der Waals surface area contributed by atoms with E-state index < -0.39 is 23.1 Å². The third kappa shape index (κ3) is 5.52. The lowest BCUT2D eigenvalue weighted by Crippen LogP contribution is -2.35. The van der Waals surface area contributed by atoms with Gasteiger partial charge in [-0.1, -0.05) is 11.6 Å². The zero-order valence-electron chi connectivity index (χ0n) is 15.0. The number of amides is 2. The van der Waals surface area contributed by atoms with Crippen molar-refractivity contribution >= 4 is 35.6 Å². The largest absolute Gasteiger partial charge is 0.444 e. The molecule has 0 bridgehead atoms. The second kappa shape index (κ2) is 7.21. The van der Waals surface area contributed by atoms with E-state index in [2.05, 4.69) is 15.4 Å². The number of nitrogens with zero attached hydrogens (tertiary/aromatic N) is 4. The van der Waals surface area contributed by atoms with Crippen LogP contribution in [0, 0.1) is 0 Å². The Hall–Kier alpha value is -2.09. The van der Waals surface area contributed by atoms with Gasteiger partial charge in [0.25, 0.3) is 5.91 Å². The fourth-order valence-corrected chi connectivity index (χ4v) is 1.74. The molecule has 134 valence electrons. The number of carbonyl (C=O) groups excluding carboxylic acids is 2. The summed E-state index contributed by atoms with van der Waals surface area (Å²) in [5.74, 6) is -0.404. The molecule has 24 heavy (non-hydrogen) atoms. The average molecular weight is 358 g/mol. The summed E-state index contributed by atoms with van der Waals surface area (Å²) in [5, 5.41) is 6.65. The van der Waals surface area contributed by atoms with Gasteiger partial charge in [0.2, 0.25) is 0 Å². The van der Waals surface area contributed by atoms with Crippen molar-refractivity contribution in [3.63, 3.8) is 0 Å². The lowest BCUT2D eigenvalue weighted by molar-refractivity contribution is -0.125. The summed E-state index contributed by atoms with van der Waals surface area (Å²) in [7, 11) is 3.52. The van der Waals surface area contributed by atoms with Crippen LogP contribution in [0.2, 0.25) is 5.15 Å². The molecule has 0 aliphatic heterocycles. The highest BCUT2D eigenvalue weighted by atomic mass is 35.5. The van der Waals surface area contributed by atoms with Crippen LogP contribution in [0.4, 0.5) is 10.5 Å². The zero-order valence-corrected chi connectivity index (χ0v) is 15.8. The molecule has 1 aromatic heterocycles. The molecule has 0 aromatic carbocycles. The molecule has 1 rings (SSSR count). The first-order chi connectivity index (χ1) is 10.8. The van der Waals surface area contributed by atoms with Crippen LogP contribution in [0.15, 0.2) is 11.2 Å². The van der Waals surface area contributed by atoms with Gasteiger partial charge >= 0.3 is 6.09 Å². The smallest absolute Gasteiger partial charge is 0.412 e. The third-order valence-electron chi connectivity index (χ3n) is 2.81. The maximum absolute atomic E-state index is 12.3. The van der Waals surface area contributed by atoms with Crippen molar-refractivity contribution in [1.29, 1.82) is 0 Å². The van der Waals surface area contributed by atoms with E-state index in [1.165, 1.54) is 17.2 Å². The van der Waals surface area contributed by atoms with E-state index >= 15 is 0 Å². The van der Waals surface area contributed by atoms with Crippen LogP contribution in [-0.2, 0) is 15.1 Å². The Morgan fingerprint density at radius 3 is 2.42 bits per heavy atom. The molecule has 2 amide bonds. The number of aromatic nitrogens is 2. The number of rotatable bonds is 4. The monoisotopic (exact) mass is 357 g/mol. The van der Waals surface area contributed by atoms with Gasteiger partial charge in [-0.15, -0.1) is 0 Å². The molecular weight excluding hydrogens is 334 g/mol. The minimum atomic E-state index is -1.07. The second-order valence-electron chi connectivity index (χ2n) is 6.98. The van der Waals surface area contributed by atoms with Gasteiger partial charge in [-0.3, -0.25) is 14.8 Å². The van der Waals surface area contributed by atoms with E-state index in [9.17, 15) is 9.59 Å². The SMILES string of the molecule is CN(C)/C=N/C(=O)C(C)(C)n1cc(NC(=O)OC(C)(C)C)c(Cl)n1. The van der Waals surface area contributed by atoms with Crippen molar-refractivity contribution in [1.82, 2.24) is 14.7 Å².